The van der Waals surface area contributed by atoms with Crippen molar-refractivity contribution in [3.05, 3.63) is 52.8 Å². The topological polar surface area (TPSA) is 70.7 Å². The molecule has 31 heavy (non-hydrogen) atoms. The van der Waals surface area contributed by atoms with Crippen molar-refractivity contribution >= 4 is 6.03 Å². The van der Waals surface area contributed by atoms with Gasteiger partial charge in [0.2, 0.25) is 0 Å². The third-order valence-electron chi connectivity index (χ3n) is 6.51. The van der Waals surface area contributed by atoms with Gasteiger partial charge in [-0.25, -0.2) is 4.79 Å². The number of hydrogen-bond acceptors (Lipinski definition) is 4. The fourth-order valence-electron chi connectivity index (χ4n) is 4.62. The molecule has 2 aliphatic rings. The number of aryl methyl sites for hydroxylation is 1. The lowest BCUT2D eigenvalue weighted by molar-refractivity contribution is 0.0398. The molecule has 2 aromatic rings. The van der Waals surface area contributed by atoms with Crippen LogP contribution in [0.1, 0.15) is 47.7 Å². The van der Waals surface area contributed by atoms with Gasteiger partial charge in [0, 0.05) is 57.2 Å². The van der Waals surface area contributed by atoms with Crippen molar-refractivity contribution in [2.45, 2.75) is 38.0 Å². The van der Waals surface area contributed by atoms with Crippen LogP contribution in [0.15, 0.2) is 30.3 Å². The Kier molecular flexibility index (Phi) is 7.25. The average Bonchev–Trinajstić information content (AvgIpc) is 3.31. The molecule has 2 saturated heterocycles. The third kappa shape index (κ3) is 5.28. The Bertz CT molecular complexity index is 845. The van der Waals surface area contributed by atoms with Gasteiger partial charge in [0.1, 0.15) is 0 Å². The summed E-state index contributed by atoms with van der Waals surface area (Å²) in [5.41, 5.74) is 4.77. The van der Waals surface area contributed by atoms with E-state index in [0.717, 1.165) is 37.2 Å². The first-order valence-corrected chi connectivity index (χ1v) is 11.4. The van der Waals surface area contributed by atoms with Gasteiger partial charge in [0.15, 0.2) is 0 Å². The zero-order valence-electron chi connectivity index (χ0n) is 18.7. The number of amides is 2. The van der Waals surface area contributed by atoms with Gasteiger partial charge < -0.3 is 19.3 Å². The molecule has 0 bridgehead atoms. The van der Waals surface area contributed by atoms with Gasteiger partial charge in [-0.1, -0.05) is 31.2 Å². The normalized spacial score (nSPS) is 22.0. The van der Waals surface area contributed by atoms with Crippen molar-refractivity contribution in [2.75, 3.05) is 53.1 Å². The number of nitrogens with zero attached hydrogens (tertiary/aromatic N) is 3. The standard InChI is InChI=1S/C24H34N4O3/c1-3-18-4-6-19(7-5-18)20-14-21(23-15-22(25-26-23)8-11-30-2)17-28(16-20)24(29)27-9-12-31-13-10-27/h4-7,15,20-21H,3,8-14,16-17H2,1-2H3,(H,25,26). The number of aromatic amines is 1. The van der Waals surface area contributed by atoms with Gasteiger partial charge in [-0.05, 0) is 30.0 Å². The Hall–Kier alpha value is -2.38. The Morgan fingerprint density at radius 1 is 1.16 bits per heavy atom. The molecule has 168 valence electrons. The molecule has 1 aromatic carbocycles. The molecule has 7 heteroatoms. The van der Waals surface area contributed by atoms with Crippen LogP contribution in [0, 0.1) is 0 Å². The van der Waals surface area contributed by atoms with E-state index < -0.39 is 0 Å². The summed E-state index contributed by atoms with van der Waals surface area (Å²) >= 11 is 0. The molecule has 0 aliphatic carbocycles. The molecule has 0 spiro atoms. The summed E-state index contributed by atoms with van der Waals surface area (Å²) in [6, 6.07) is 11.2. The molecular formula is C24H34N4O3. The highest BCUT2D eigenvalue weighted by molar-refractivity contribution is 5.75. The number of rotatable bonds is 6. The number of nitrogens with one attached hydrogen (secondary N) is 1. The van der Waals surface area contributed by atoms with Crippen LogP contribution in [0.25, 0.3) is 0 Å². The van der Waals surface area contributed by atoms with Gasteiger partial charge in [-0.15, -0.1) is 0 Å². The van der Waals surface area contributed by atoms with Crippen molar-refractivity contribution in [3.63, 3.8) is 0 Å². The van der Waals surface area contributed by atoms with Crippen molar-refractivity contribution in [1.82, 2.24) is 20.0 Å². The van der Waals surface area contributed by atoms with Crippen molar-refractivity contribution in [2.24, 2.45) is 0 Å². The minimum Gasteiger partial charge on any atom is -0.384 e. The number of morpholine rings is 1. The smallest absolute Gasteiger partial charge is 0.320 e. The Labute approximate surface area is 184 Å². The third-order valence-corrected chi connectivity index (χ3v) is 6.51. The summed E-state index contributed by atoms with van der Waals surface area (Å²) in [5, 5.41) is 7.76. The van der Waals surface area contributed by atoms with E-state index in [1.165, 1.54) is 11.1 Å². The molecule has 0 radical (unpaired) electrons. The second-order valence-electron chi connectivity index (χ2n) is 8.57. The number of carbonyl (C=O) groups excluding carboxylic acids is 1. The molecule has 7 nitrogen and oxygen atoms in total. The summed E-state index contributed by atoms with van der Waals surface area (Å²) < 4.78 is 10.6. The number of carbonyl (C=O) groups is 1. The number of urea groups is 1. The SMILES string of the molecule is CCc1ccc(C2CC(c3cc(CCOC)[nH]n3)CN(C(=O)N3CCOCC3)C2)cc1. The minimum atomic E-state index is 0.123. The summed E-state index contributed by atoms with van der Waals surface area (Å²) in [5.74, 6) is 0.510. The van der Waals surface area contributed by atoms with Crippen molar-refractivity contribution < 1.29 is 14.3 Å². The van der Waals surface area contributed by atoms with Gasteiger partial charge >= 0.3 is 6.03 Å². The van der Waals surface area contributed by atoms with Crippen LogP contribution in [0.3, 0.4) is 0 Å². The fraction of sp³-hybridized carbons (Fsp3) is 0.583. The first-order valence-electron chi connectivity index (χ1n) is 11.4. The van der Waals surface area contributed by atoms with E-state index in [4.69, 9.17) is 9.47 Å². The second kappa shape index (κ2) is 10.3. The average molecular weight is 427 g/mol. The highest BCUT2D eigenvalue weighted by Gasteiger charge is 2.35. The highest BCUT2D eigenvalue weighted by atomic mass is 16.5. The maximum Gasteiger partial charge on any atom is 0.320 e. The summed E-state index contributed by atoms with van der Waals surface area (Å²) in [6.07, 6.45) is 2.84. The monoisotopic (exact) mass is 426 g/mol. The molecular weight excluding hydrogens is 392 g/mol. The van der Waals surface area contributed by atoms with E-state index in [-0.39, 0.29) is 11.9 Å². The molecule has 3 heterocycles. The molecule has 1 aromatic heterocycles. The maximum absolute atomic E-state index is 13.3. The number of ether oxygens (including phenoxy) is 2. The first-order chi connectivity index (χ1) is 15.2. The van der Waals surface area contributed by atoms with Crippen LogP contribution in [-0.4, -0.2) is 79.1 Å². The molecule has 2 amide bonds. The number of benzene rings is 1. The summed E-state index contributed by atoms with van der Waals surface area (Å²) in [7, 11) is 1.71. The fourth-order valence-corrected chi connectivity index (χ4v) is 4.62. The molecule has 2 aliphatic heterocycles. The van der Waals surface area contributed by atoms with Crippen LogP contribution < -0.4 is 0 Å². The molecule has 4 rings (SSSR count). The number of likely N-dealkylation sites (tertiary alicyclic amines) is 1. The Morgan fingerprint density at radius 3 is 2.61 bits per heavy atom. The highest BCUT2D eigenvalue weighted by Crippen LogP contribution is 2.36. The number of methoxy groups -OCH3 is 1. The van der Waals surface area contributed by atoms with E-state index in [1.807, 2.05) is 9.80 Å². The van der Waals surface area contributed by atoms with Crippen LogP contribution >= 0.6 is 0 Å². The van der Waals surface area contributed by atoms with Crippen LogP contribution in [0.5, 0.6) is 0 Å². The van der Waals surface area contributed by atoms with Crippen molar-refractivity contribution in [1.29, 1.82) is 0 Å². The molecule has 0 saturated carbocycles. The summed E-state index contributed by atoms with van der Waals surface area (Å²) in [4.78, 5) is 17.3. The molecule has 1 N–H and O–H groups in total. The van der Waals surface area contributed by atoms with E-state index >= 15 is 0 Å². The maximum atomic E-state index is 13.3. The zero-order valence-corrected chi connectivity index (χ0v) is 18.7. The predicted octanol–water partition coefficient (Wildman–Crippen LogP) is 3.19. The lowest BCUT2D eigenvalue weighted by Gasteiger charge is -2.40. The van der Waals surface area contributed by atoms with E-state index in [1.54, 1.807) is 7.11 Å². The largest absolute Gasteiger partial charge is 0.384 e. The minimum absolute atomic E-state index is 0.123. The lowest BCUT2D eigenvalue weighted by atomic mass is 9.82. The van der Waals surface area contributed by atoms with Gasteiger partial charge in [-0.3, -0.25) is 5.10 Å². The number of hydrogen-bond donors (Lipinski definition) is 1. The molecule has 2 unspecified atom stereocenters. The number of piperidine rings is 1. The van der Waals surface area contributed by atoms with Crippen molar-refractivity contribution in [3.8, 4) is 0 Å². The second-order valence-corrected chi connectivity index (χ2v) is 8.57. The van der Waals surface area contributed by atoms with Crippen LogP contribution in [-0.2, 0) is 22.3 Å². The summed E-state index contributed by atoms with van der Waals surface area (Å²) in [6.45, 7) is 6.86. The Morgan fingerprint density at radius 2 is 1.90 bits per heavy atom. The number of aromatic nitrogens is 2. The van der Waals surface area contributed by atoms with E-state index in [0.29, 0.717) is 45.4 Å². The zero-order chi connectivity index (χ0) is 21.6. The first kappa shape index (κ1) is 21.8. The van der Waals surface area contributed by atoms with Crippen LogP contribution in [0.4, 0.5) is 4.79 Å². The van der Waals surface area contributed by atoms with Crippen LogP contribution in [0.2, 0.25) is 0 Å². The van der Waals surface area contributed by atoms with E-state index in [9.17, 15) is 4.79 Å². The number of H-pyrrole nitrogens is 1. The Balaban J connectivity index is 1.55. The lowest BCUT2D eigenvalue weighted by Crippen LogP contribution is -2.52. The van der Waals surface area contributed by atoms with Gasteiger partial charge in [0.25, 0.3) is 0 Å². The predicted molar refractivity (Wildman–Crippen MR) is 119 cm³/mol. The molecule has 2 fully saturated rings. The molecule has 2 atom stereocenters. The van der Waals surface area contributed by atoms with E-state index in [2.05, 4.69) is 47.5 Å². The quantitative estimate of drug-likeness (QED) is 0.770. The van der Waals surface area contributed by atoms with Gasteiger partial charge in [-0.2, -0.15) is 5.10 Å². The van der Waals surface area contributed by atoms with Gasteiger partial charge in [0.05, 0.1) is 25.5 Å².